The summed E-state index contributed by atoms with van der Waals surface area (Å²) in [6.45, 7) is 5.60. The Bertz CT molecular complexity index is 311. The van der Waals surface area contributed by atoms with Gasteiger partial charge in [0, 0.05) is 12.6 Å². The molecule has 0 radical (unpaired) electrons. The average Bonchev–Trinajstić information content (AvgIpc) is 3.19. The van der Waals surface area contributed by atoms with E-state index < -0.39 is 5.54 Å². The van der Waals surface area contributed by atoms with E-state index in [0.29, 0.717) is 24.5 Å². The van der Waals surface area contributed by atoms with Crippen LogP contribution in [0.5, 0.6) is 0 Å². The first kappa shape index (κ1) is 14.8. The van der Waals surface area contributed by atoms with Gasteiger partial charge in [-0.25, -0.2) is 0 Å². The summed E-state index contributed by atoms with van der Waals surface area (Å²) in [5.74, 6) is 0.860. The molecule has 2 rings (SSSR count). The van der Waals surface area contributed by atoms with E-state index >= 15 is 0 Å². The van der Waals surface area contributed by atoms with Crippen LogP contribution in [0.2, 0.25) is 0 Å². The minimum atomic E-state index is -0.598. The van der Waals surface area contributed by atoms with Crippen LogP contribution in [-0.4, -0.2) is 30.7 Å². The number of carbonyl (C=O) groups is 1. The fourth-order valence-corrected chi connectivity index (χ4v) is 2.62. The molecule has 19 heavy (non-hydrogen) atoms. The van der Waals surface area contributed by atoms with Crippen molar-refractivity contribution in [1.29, 1.82) is 0 Å². The monoisotopic (exact) mass is 268 g/mol. The van der Waals surface area contributed by atoms with Crippen LogP contribution in [0.25, 0.3) is 0 Å². The molecule has 0 spiro atoms. The van der Waals surface area contributed by atoms with E-state index in [-0.39, 0.29) is 5.91 Å². The highest BCUT2D eigenvalue weighted by Gasteiger charge is 2.52. The lowest BCUT2D eigenvalue weighted by Gasteiger charge is -2.32. The molecule has 2 saturated carbocycles. The molecular weight excluding hydrogens is 240 g/mol. The highest BCUT2D eigenvalue weighted by atomic mass is 16.5. The van der Waals surface area contributed by atoms with Crippen molar-refractivity contribution < 1.29 is 9.53 Å². The summed E-state index contributed by atoms with van der Waals surface area (Å²) < 4.78 is 5.78. The minimum absolute atomic E-state index is 0.231. The van der Waals surface area contributed by atoms with E-state index in [9.17, 15) is 4.79 Å². The molecule has 0 heterocycles. The number of nitrogens with two attached hydrogens (primary N) is 1. The van der Waals surface area contributed by atoms with E-state index in [1.807, 2.05) is 0 Å². The van der Waals surface area contributed by atoms with Crippen molar-refractivity contribution in [2.24, 2.45) is 17.6 Å². The van der Waals surface area contributed by atoms with Crippen molar-refractivity contribution in [2.45, 2.75) is 64.0 Å². The number of carbonyl (C=O) groups excluding carboxylic acids is 1. The Morgan fingerprint density at radius 1 is 1.37 bits per heavy atom. The molecule has 0 bridgehead atoms. The molecule has 0 saturated heterocycles. The molecule has 4 heteroatoms. The van der Waals surface area contributed by atoms with Crippen molar-refractivity contribution >= 4 is 5.91 Å². The molecule has 0 aromatic heterocycles. The summed E-state index contributed by atoms with van der Waals surface area (Å²) in [7, 11) is 0. The summed E-state index contributed by atoms with van der Waals surface area (Å²) in [4.78, 5) is 11.9. The normalized spacial score (nSPS) is 22.5. The number of hydrogen-bond acceptors (Lipinski definition) is 3. The molecule has 2 aliphatic rings. The molecule has 3 N–H and O–H groups in total. The molecule has 2 aliphatic carbocycles. The van der Waals surface area contributed by atoms with Crippen molar-refractivity contribution in [3.8, 4) is 0 Å². The van der Waals surface area contributed by atoms with Gasteiger partial charge in [0.1, 0.15) is 5.54 Å². The van der Waals surface area contributed by atoms with E-state index in [2.05, 4.69) is 19.2 Å². The zero-order chi connectivity index (χ0) is 13.9. The maximum Gasteiger partial charge on any atom is 0.240 e. The summed E-state index contributed by atoms with van der Waals surface area (Å²) in [5.41, 5.74) is 5.07. The fraction of sp³-hybridized carbons (Fsp3) is 0.933. The van der Waals surface area contributed by atoms with Crippen LogP contribution in [-0.2, 0) is 9.53 Å². The lowest BCUT2D eigenvalue weighted by Crippen LogP contribution is -2.61. The first-order valence-corrected chi connectivity index (χ1v) is 7.70. The predicted octanol–water partition coefficient (Wildman–Crippen LogP) is 1.83. The molecule has 1 unspecified atom stereocenters. The maximum absolute atomic E-state index is 11.9. The van der Waals surface area contributed by atoms with Crippen LogP contribution in [0.15, 0.2) is 0 Å². The molecule has 2 fully saturated rings. The smallest absolute Gasteiger partial charge is 0.240 e. The summed E-state index contributed by atoms with van der Waals surface area (Å²) >= 11 is 0. The van der Waals surface area contributed by atoms with Gasteiger partial charge in [0.15, 0.2) is 0 Å². The van der Waals surface area contributed by atoms with Crippen LogP contribution in [0, 0.1) is 11.8 Å². The van der Waals surface area contributed by atoms with Gasteiger partial charge in [-0.3, -0.25) is 10.1 Å². The van der Waals surface area contributed by atoms with Gasteiger partial charge in [-0.15, -0.1) is 0 Å². The molecule has 110 valence electrons. The first-order valence-electron chi connectivity index (χ1n) is 7.70. The topological polar surface area (TPSA) is 64.3 Å². The second-order valence-electron chi connectivity index (χ2n) is 6.62. The summed E-state index contributed by atoms with van der Waals surface area (Å²) in [6, 6.07) is 0.479. The number of primary amides is 1. The van der Waals surface area contributed by atoms with Gasteiger partial charge in [-0.2, -0.15) is 0 Å². The van der Waals surface area contributed by atoms with E-state index in [1.165, 1.54) is 6.42 Å². The third kappa shape index (κ3) is 4.18. The van der Waals surface area contributed by atoms with Crippen LogP contribution < -0.4 is 11.1 Å². The maximum atomic E-state index is 11.9. The van der Waals surface area contributed by atoms with Gasteiger partial charge >= 0.3 is 0 Å². The Morgan fingerprint density at radius 2 is 2.05 bits per heavy atom. The van der Waals surface area contributed by atoms with Crippen LogP contribution >= 0.6 is 0 Å². The number of rotatable bonds is 10. The van der Waals surface area contributed by atoms with Crippen molar-refractivity contribution in [3.05, 3.63) is 0 Å². The Morgan fingerprint density at radius 3 is 2.53 bits per heavy atom. The molecule has 4 nitrogen and oxygen atoms in total. The van der Waals surface area contributed by atoms with Crippen LogP contribution in [0.3, 0.4) is 0 Å². The summed E-state index contributed by atoms with van der Waals surface area (Å²) in [6.07, 6.45) is 6.74. The van der Waals surface area contributed by atoms with Crippen molar-refractivity contribution in [3.63, 3.8) is 0 Å². The Hall–Kier alpha value is -0.610. The zero-order valence-electron chi connectivity index (χ0n) is 12.3. The molecular formula is C15H28N2O2. The van der Waals surface area contributed by atoms with E-state index in [0.717, 1.165) is 38.7 Å². The fourth-order valence-electron chi connectivity index (χ4n) is 2.62. The number of nitrogens with one attached hydrogen (secondary N) is 1. The summed E-state index contributed by atoms with van der Waals surface area (Å²) in [5, 5.41) is 3.47. The van der Waals surface area contributed by atoms with Gasteiger partial charge in [0.05, 0.1) is 6.61 Å². The van der Waals surface area contributed by atoms with Gasteiger partial charge in [-0.05, 0) is 50.4 Å². The largest absolute Gasteiger partial charge is 0.379 e. The number of hydrogen-bond donors (Lipinski definition) is 2. The van der Waals surface area contributed by atoms with Crippen LogP contribution in [0.4, 0.5) is 0 Å². The SMILES string of the molecule is CC(C)CCCOCC(NC1CC1)(C(N)=O)C1CC1. The number of amides is 1. The minimum Gasteiger partial charge on any atom is -0.379 e. The Kier molecular flexibility index (Phi) is 4.85. The average molecular weight is 268 g/mol. The van der Waals surface area contributed by atoms with Gasteiger partial charge < -0.3 is 10.5 Å². The highest BCUT2D eigenvalue weighted by molar-refractivity contribution is 5.86. The van der Waals surface area contributed by atoms with Gasteiger partial charge in [0.2, 0.25) is 5.91 Å². The molecule has 0 aliphatic heterocycles. The predicted molar refractivity (Wildman–Crippen MR) is 75.7 cm³/mol. The molecule has 1 amide bonds. The first-order chi connectivity index (χ1) is 9.04. The molecule has 0 aromatic rings. The Labute approximate surface area is 116 Å². The van der Waals surface area contributed by atoms with Crippen LogP contribution in [0.1, 0.15) is 52.4 Å². The highest BCUT2D eigenvalue weighted by Crippen LogP contribution is 2.41. The van der Waals surface area contributed by atoms with E-state index in [1.54, 1.807) is 0 Å². The van der Waals surface area contributed by atoms with Gasteiger partial charge in [0.25, 0.3) is 0 Å². The van der Waals surface area contributed by atoms with Crippen molar-refractivity contribution in [1.82, 2.24) is 5.32 Å². The zero-order valence-corrected chi connectivity index (χ0v) is 12.3. The third-order valence-electron chi connectivity index (χ3n) is 4.15. The standard InChI is InChI=1S/C15H28N2O2/c1-11(2)4-3-9-19-10-15(14(16)18,12-5-6-12)17-13-7-8-13/h11-13,17H,3-10H2,1-2H3,(H2,16,18). The molecule has 0 aromatic carbocycles. The van der Waals surface area contributed by atoms with Gasteiger partial charge in [-0.1, -0.05) is 13.8 Å². The van der Waals surface area contributed by atoms with Crippen molar-refractivity contribution in [2.75, 3.05) is 13.2 Å². The molecule has 1 atom stereocenters. The lowest BCUT2D eigenvalue weighted by atomic mass is 9.93. The quantitative estimate of drug-likeness (QED) is 0.594. The Balaban J connectivity index is 1.80. The number of ether oxygens (including phenoxy) is 1. The second kappa shape index (κ2) is 6.23. The lowest BCUT2D eigenvalue weighted by molar-refractivity contribution is -0.128. The third-order valence-corrected chi connectivity index (χ3v) is 4.15. The second-order valence-corrected chi connectivity index (χ2v) is 6.62. The van der Waals surface area contributed by atoms with E-state index in [4.69, 9.17) is 10.5 Å².